The highest BCUT2D eigenvalue weighted by atomic mass is 19.1. The molecule has 3 aromatic rings. The van der Waals surface area contributed by atoms with Crippen molar-refractivity contribution in [3.63, 3.8) is 0 Å². The van der Waals surface area contributed by atoms with E-state index in [2.05, 4.69) is 16.8 Å². The fourth-order valence-corrected chi connectivity index (χ4v) is 6.18. The van der Waals surface area contributed by atoms with Gasteiger partial charge >= 0.3 is 0 Å². The Balaban J connectivity index is 1.52. The van der Waals surface area contributed by atoms with Crippen molar-refractivity contribution in [3.05, 3.63) is 70.4 Å². The SMILES string of the molecule is CCCCN1CC(C(O)c2cc(F)c([C@@H]3c4[nH]c5ccccc5c4C[C@@H](C)N3CC(C)(C)F)c(F)c2)C1. The molecule has 2 aliphatic heterocycles. The van der Waals surface area contributed by atoms with E-state index in [-0.39, 0.29) is 29.6 Å². The molecule has 2 N–H and O–H groups in total. The van der Waals surface area contributed by atoms with Crippen molar-refractivity contribution in [3.8, 4) is 0 Å². The zero-order chi connectivity index (χ0) is 26.5. The summed E-state index contributed by atoms with van der Waals surface area (Å²) in [4.78, 5) is 7.53. The standard InChI is InChI=1S/C30H38F3N3O/c1-5-6-11-35-15-20(16-35)29(37)19-13-23(31)26(24(32)14-19)28-27-22(21-9-7-8-10-25(21)34-27)12-18(2)36(28)17-30(3,4)33/h7-10,13-14,18,20,28-29,34,37H,5-6,11-12,15-17H2,1-4H3/t18-,28-,29?/m1/s1. The van der Waals surface area contributed by atoms with E-state index >= 15 is 8.78 Å². The van der Waals surface area contributed by atoms with E-state index in [0.717, 1.165) is 48.9 Å². The van der Waals surface area contributed by atoms with Crippen LogP contribution in [0.2, 0.25) is 0 Å². The lowest BCUT2D eigenvalue weighted by atomic mass is 9.85. The number of alkyl halides is 1. The van der Waals surface area contributed by atoms with Gasteiger partial charge in [-0.05, 0) is 69.5 Å². The van der Waals surface area contributed by atoms with Crippen LogP contribution in [0, 0.1) is 17.6 Å². The van der Waals surface area contributed by atoms with Gasteiger partial charge in [-0.3, -0.25) is 4.90 Å². The van der Waals surface area contributed by atoms with Crippen LogP contribution in [0.3, 0.4) is 0 Å². The first kappa shape index (κ1) is 26.3. The van der Waals surface area contributed by atoms with Crippen molar-refractivity contribution in [1.29, 1.82) is 0 Å². The number of para-hydroxylation sites is 1. The number of aliphatic hydroxyl groups excluding tert-OH is 1. The lowest BCUT2D eigenvalue weighted by Gasteiger charge is -2.43. The Morgan fingerprint density at radius 3 is 2.46 bits per heavy atom. The Hall–Kier alpha value is -2.35. The molecule has 1 unspecified atom stereocenters. The van der Waals surface area contributed by atoms with Gasteiger partial charge in [-0.15, -0.1) is 0 Å². The van der Waals surface area contributed by atoms with Crippen LogP contribution in [0.15, 0.2) is 36.4 Å². The van der Waals surface area contributed by atoms with Gasteiger partial charge in [0.25, 0.3) is 0 Å². The molecule has 0 aliphatic carbocycles. The molecule has 4 nitrogen and oxygen atoms in total. The number of hydrogen-bond acceptors (Lipinski definition) is 3. The minimum absolute atomic E-state index is 0.0343. The average Bonchev–Trinajstić information content (AvgIpc) is 3.16. The Bertz CT molecular complexity index is 1240. The predicted octanol–water partition coefficient (Wildman–Crippen LogP) is 6.30. The molecule has 3 atom stereocenters. The lowest BCUT2D eigenvalue weighted by molar-refractivity contribution is -0.00583. The highest BCUT2D eigenvalue weighted by molar-refractivity contribution is 5.85. The number of benzene rings is 2. The first-order valence-corrected chi connectivity index (χ1v) is 13.5. The summed E-state index contributed by atoms with van der Waals surface area (Å²) in [6.07, 6.45) is 1.94. The summed E-state index contributed by atoms with van der Waals surface area (Å²) in [6, 6.07) is 9.46. The van der Waals surface area contributed by atoms with Gasteiger partial charge in [0.2, 0.25) is 0 Å². The number of likely N-dealkylation sites (tertiary alicyclic amines) is 1. The van der Waals surface area contributed by atoms with Crippen LogP contribution in [0.4, 0.5) is 13.2 Å². The molecule has 0 saturated carbocycles. The molecule has 37 heavy (non-hydrogen) atoms. The number of aliphatic hydroxyl groups is 1. The van der Waals surface area contributed by atoms with Gasteiger partial charge in [-0.25, -0.2) is 13.2 Å². The molecule has 0 spiro atoms. The van der Waals surface area contributed by atoms with Crippen molar-refractivity contribution in [2.24, 2.45) is 5.92 Å². The number of nitrogens with one attached hydrogen (secondary N) is 1. The third kappa shape index (κ3) is 5.06. The van der Waals surface area contributed by atoms with Crippen LogP contribution >= 0.6 is 0 Å². The number of nitrogens with zero attached hydrogens (tertiary/aromatic N) is 2. The van der Waals surface area contributed by atoms with Crippen LogP contribution < -0.4 is 0 Å². The monoisotopic (exact) mass is 513 g/mol. The molecule has 1 aromatic heterocycles. The molecule has 7 heteroatoms. The zero-order valence-corrected chi connectivity index (χ0v) is 22.2. The topological polar surface area (TPSA) is 42.5 Å². The highest BCUT2D eigenvalue weighted by Crippen LogP contribution is 2.44. The lowest BCUT2D eigenvalue weighted by Crippen LogP contribution is -2.49. The second-order valence-electron chi connectivity index (χ2n) is 11.6. The van der Waals surface area contributed by atoms with Gasteiger partial charge in [0, 0.05) is 53.8 Å². The number of aromatic nitrogens is 1. The maximum absolute atomic E-state index is 15.9. The Kier molecular flexibility index (Phi) is 7.16. The van der Waals surface area contributed by atoms with Gasteiger partial charge in [0.05, 0.1) is 12.1 Å². The molecule has 3 heterocycles. The van der Waals surface area contributed by atoms with E-state index in [4.69, 9.17) is 0 Å². The summed E-state index contributed by atoms with van der Waals surface area (Å²) in [5.74, 6) is -1.46. The maximum atomic E-state index is 15.9. The number of aromatic amines is 1. The predicted molar refractivity (Wildman–Crippen MR) is 141 cm³/mol. The van der Waals surface area contributed by atoms with Gasteiger partial charge in [-0.1, -0.05) is 31.5 Å². The van der Waals surface area contributed by atoms with Gasteiger partial charge in [0.1, 0.15) is 17.3 Å². The van der Waals surface area contributed by atoms with Crippen LogP contribution in [-0.4, -0.2) is 57.8 Å². The van der Waals surface area contributed by atoms with E-state index in [1.807, 2.05) is 36.1 Å². The minimum Gasteiger partial charge on any atom is -0.388 e. The Morgan fingerprint density at radius 2 is 1.81 bits per heavy atom. The summed E-state index contributed by atoms with van der Waals surface area (Å²) >= 11 is 0. The molecular formula is C30H38F3N3O. The summed E-state index contributed by atoms with van der Waals surface area (Å²) in [5, 5.41) is 11.9. The van der Waals surface area contributed by atoms with Crippen molar-refractivity contribution in [1.82, 2.24) is 14.8 Å². The van der Waals surface area contributed by atoms with E-state index in [1.54, 1.807) is 0 Å². The average molecular weight is 514 g/mol. The molecule has 2 aromatic carbocycles. The molecule has 0 bridgehead atoms. The molecule has 200 valence electrons. The quantitative estimate of drug-likeness (QED) is 0.372. The molecule has 0 radical (unpaired) electrons. The van der Waals surface area contributed by atoms with E-state index in [0.29, 0.717) is 12.1 Å². The van der Waals surface area contributed by atoms with Crippen molar-refractivity contribution < 1.29 is 18.3 Å². The minimum atomic E-state index is -1.55. The molecule has 2 aliphatic rings. The first-order chi connectivity index (χ1) is 17.6. The zero-order valence-electron chi connectivity index (χ0n) is 22.2. The molecular weight excluding hydrogens is 475 g/mol. The van der Waals surface area contributed by atoms with Crippen LogP contribution in [0.25, 0.3) is 10.9 Å². The normalized spacial score (nSPS) is 22.3. The van der Waals surface area contributed by atoms with Crippen molar-refractivity contribution in [2.75, 3.05) is 26.2 Å². The molecule has 1 saturated heterocycles. The fourth-order valence-electron chi connectivity index (χ4n) is 6.18. The second-order valence-corrected chi connectivity index (χ2v) is 11.6. The number of fused-ring (bicyclic) bond motifs is 3. The van der Waals surface area contributed by atoms with Crippen molar-refractivity contribution in [2.45, 2.75) is 70.8 Å². The maximum Gasteiger partial charge on any atom is 0.131 e. The van der Waals surface area contributed by atoms with E-state index in [9.17, 15) is 9.50 Å². The number of rotatable bonds is 8. The molecule has 5 rings (SSSR count). The Morgan fingerprint density at radius 1 is 1.14 bits per heavy atom. The van der Waals surface area contributed by atoms with Crippen LogP contribution in [0.1, 0.15) is 75.1 Å². The van der Waals surface area contributed by atoms with E-state index in [1.165, 1.54) is 26.0 Å². The first-order valence-electron chi connectivity index (χ1n) is 13.5. The third-order valence-electron chi connectivity index (χ3n) is 8.05. The van der Waals surface area contributed by atoms with Crippen LogP contribution in [-0.2, 0) is 6.42 Å². The van der Waals surface area contributed by atoms with Crippen molar-refractivity contribution >= 4 is 10.9 Å². The number of hydrogen-bond donors (Lipinski definition) is 2. The number of H-pyrrole nitrogens is 1. The van der Waals surface area contributed by atoms with Gasteiger partial charge in [-0.2, -0.15) is 0 Å². The smallest absolute Gasteiger partial charge is 0.131 e. The highest BCUT2D eigenvalue weighted by Gasteiger charge is 2.41. The second kappa shape index (κ2) is 10.1. The molecule has 1 fully saturated rings. The summed E-state index contributed by atoms with van der Waals surface area (Å²) in [7, 11) is 0. The largest absolute Gasteiger partial charge is 0.388 e. The number of halogens is 3. The fraction of sp³-hybridized carbons (Fsp3) is 0.533. The third-order valence-corrected chi connectivity index (χ3v) is 8.05. The molecule has 0 amide bonds. The van der Waals surface area contributed by atoms with Gasteiger partial charge < -0.3 is 15.0 Å². The van der Waals surface area contributed by atoms with Gasteiger partial charge in [0.15, 0.2) is 0 Å². The van der Waals surface area contributed by atoms with Crippen LogP contribution in [0.5, 0.6) is 0 Å². The summed E-state index contributed by atoms with van der Waals surface area (Å²) in [6.45, 7) is 9.58. The summed E-state index contributed by atoms with van der Waals surface area (Å²) in [5.41, 5.74) is 1.24. The van der Waals surface area contributed by atoms with E-state index < -0.39 is 29.4 Å². The number of unbranched alkanes of at least 4 members (excludes halogenated alkanes) is 1. The summed E-state index contributed by atoms with van der Waals surface area (Å²) < 4.78 is 46.7. The Labute approximate surface area is 217 Å².